The Morgan fingerprint density at radius 1 is 1.21 bits per heavy atom. The summed E-state index contributed by atoms with van der Waals surface area (Å²) in [7, 11) is 1.54. The van der Waals surface area contributed by atoms with E-state index in [1.165, 1.54) is 13.2 Å². The smallest absolute Gasteiger partial charge is 0.294 e. The second kappa shape index (κ2) is 5.26. The van der Waals surface area contributed by atoms with Crippen LogP contribution in [0.1, 0.15) is 0 Å². The molecule has 0 aromatic heterocycles. The lowest BCUT2D eigenvalue weighted by atomic mass is 10.2. The molecule has 0 saturated carbocycles. The Morgan fingerprint density at radius 2 is 1.95 bits per heavy atom. The fourth-order valence-electron chi connectivity index (χ4n) is 1.70. The molecule has 0 atom stereocenters. The van der Waals surface area contributed by atoms with Crippen LogP contribution >= 0.6 is 0 Å². The van der Waals surface area contributed by atoms with E-state index in [0.29, 0.717) is 22.8 Å². The number of nitrogens with two attached hydrogens (primary N) is 1. The van der Waals surface area contributed by atoms with Crippen LogP contribution in [0.25, 0.3) is 0 Å². The third kappa shape index (κ3) is 2.74. The second-order valence-corrected chi connectivity index (χ2v) is 3.86. The maximum Gasteiger partial charge on any atom is 0.294 e. The van der Waals surface area contributed by atoms with Gasteiger partial charge in [-0.1, -0.05) is 12.1 Å². The number of benzene rings is 2. The first-order chi connectivity index (χ1) is 9.11. The highest BCUT2D eigenvalue weighted by atomic mass is 16.6. The molecule has 3 N–H and O–H groups in total. The van der Waals surface area contributed by atoms with Crippen LogP contribution in [-0.4, -0.2) is 12.0 Å². The molecule has 0 spiro atoms. The van der Waals surface area contributed by atoms with Crippen LogP contribution in [0.4, 0.5) is 22.7 Å². The summed E-state index contributed by atoms with van der Waals surface area (Å²) in [6, 6.07) is 11.7. The molecular formula is C13H13N3O3. The zero-order valence-electron chi connectivity index (χ0n) is 10.3. The highest BCUT2D eigenvalue weighted by Crippen LogP contribution is 2.33. The van der Waals surface area contributed by atoms with Gasteiger partial charge in [-0.3, -0.25) is 10.1 Å². The predicted octanol–water partition coefficient (Wildman–Crippen LogP) is 2.93. The number of hydrogen-bond acceptors (Lipinski definition) is 5. The molecule has 0 aliphatic carbocycles. The molecule has 0 heterocycles. The zero-order chi connectivity index (χ0) is 13.8. The Kier molecular flexibility index (Phi) is 3.51. The number of para-hydroxylation sites is 2. The van der Waals surface area contributed by atoms with Gasteiger partial charge in [0.2, 0.25) is 0 Å². The number of nitrogens with zero attached hydrogens (tertiary/aromatic N) is 1. The van der Waals surface area contributed by atoms with Crippen molar-refractivity contribution in [1.29, 1.82) is 0 Å². The fraction of sp³-hybridized carbons (Fsp3) is 0.0769. The van der Waals surface area contributed by atoms with Crippen LogP contribution in [0.2, 0.25) is 0 Å². The standard InChI is InChI=1S/C13H13N3O3/c1-19-13-5-3-2-4-11(13)15-10-7-6-9(14)8-12(10)16(17)18/h2-8,15H,14H2,1H3. The van der Waals surface area contributed by atoms with Crippen molar-refractivity contribution in [2.24, 2.45) is 0 Å². The Labute approximate surface area is 110 Å². The third-order valence-electron chi connectivity index (χ3n) is 2.59. The molecule has 0 aliphatic heterocycles. The SMILES string of the molecule is COc1ccccc1Nc1ccc(N)cc1[N+](=O)[O-]. The number of rotatable bonds is 4. The lowest BCUT2D eigenvalue weighted by molar-refractivity contribution is -0.383. The summed E-state index contributed by atoms with van der Waals surface area (Å²) < 4.78 is 5.18. The van der Waals surface area contributed by atoms with E-state index in [9.17, 15) is 10.1 Å². The first-order valence-corrected chi connectivity index (χ1v) is 5.56. The van der Waals surface area contributed by atoms with Crippen molar-refractivity contribution >= 4 is 22.7 Å². The van der Waals surface area contributed by atoms with Crippen LogP contribution in [0, 0.1) is 10.1 Å². The van der Waals surface area contributed by atoms with E-state index in [-0.39, 0.29) is 5.69 Å². The third-order valence-corrected chi connectivity index (χ3v) is 2.59. The largest absolute Gasteiger partial charge is 0.495 e. The van der Waals surface area contributed by atoms with Gasteiger partial charge in [0.15, 0.2) is 0 Å². The quantitative estimate of drug-likeness (QED) is 0.500. The van der Waals surface area contributed by atoms with Gasteiger partial charge >= 0.3 is 0 Å². The lowest BCUT2D eigenvalue weighted by Gasteiger charge is -2.11. The summed E-state index contributed by atoms with van der Waals surface area (Å²) in [6.07, 6.45) is 0. The molecule has 0 saturated heterocycles. The van der Waals surface area contributed by atoms with Crippen molar-refractivity contribution in [3.8, 4) is 5.75 Å². The summed E-state index contributed by atoms with van der Waals surface area (Å²) in [5, 5.41) is 14.0. The molecule has 0 fully saturated rings. The molecule has 98 valence electrons. The van der Waals surface area contributed by atoms with Crippen LogP contribution in [-0.2, 0) is 0 Å². The molecular weight excluding hydrogens is 246 g/mol. The van der Waals surface area contributed by atoms with Crippen LogP contribution in [0.5, 0.6) is 5.75 Å². The number of hydrogen-bond donors (Lipinski definition) is 2. The number of nitro benzene ring substituents is 1. The van der Waals surface area contributed by atoms with E-state index in [1.54, 1.807) is 24.3 Å². The molecule has 6 nitrogen and oxygen atoms in total. The molecule has 19 heavy (non-hydrogen) atoms. The molecule has 0 bridgehead atoms. The minimum atomic E-state index is -0.478. The van der Waals surface area contributed by atoms with Crippen molar-refractivity contribution in [1.82, 2.24) is 0 Å². The summed E-state index contributed by atoms with van der Waals surface area (Å²) >= 11 is 0. The van der Waals surface area contributed by atoms with Gasteiger partial charge < -0.3 is 15.8 Å². The molecule has 0 unspecified atom stereocenters. The normalized spacial score (nSPS) is 9.95. The topological polar surface area (TPSA) is 90.4 Å². The number of anilines is 3. The van der Waals surface area contributed by atoms with E-state index in [2.05, 4.69) is 5.32 Å². The van der Waals surface area contributed by atoms with E-state index in [1.807, 2.05) is 12.1 Å². The molecule has 2 aromatic rings. The molecule has 2 rings (SSSR count). The Hall–Kier alpha value is -2.76. The van der Waals surface area contributed by atoms with Crippen LogP contribution in [0.3, 0.4) is 0 Å². The average molecular weight is 259 g/mol. The number of nitrogen functional groups attached to an aromatic ring is 1. The van der Waals surface area contributed by atoms with Gasteiger partial charge in [0.05, 0.1) is 17.7 Å². The van der Waals surface area contributed by atoms with Gasteiger partial charge in [-0.05, 0) is 24.3 Å². The fourth-order valence-corrected chi connectivity index (χ4v) is 1.70. The van der Waals surface area contributed by atoms with E-state index in [0.717, 1.165) is 0 Å². The first-order valence-electron chi connectivity index (χ1n) is 5.56. The second-order valence-electron chi connectivity index (χ2n) is 3.86. The van der Waals surface area contributed by atoms with Gasteiger partial charge in [-0.2, -0.15) is 0 Å². The van der Waals surface area contributed by atoms with Gasteiger partial charge in [-0.15, -0.1) is 0 Å². The molecule has 6 heteroatoms. The summed E-state index contributed by atoms with van der Waals surface area (Å²) in [5.74, 6) is 0.605. The van der Waals surface area contributed by atoms with Crippen molar-refractivity contribution in [2.45, 2.75) is 0 Å². The predicted molar refractivity (Wildman–Crippen MR) is 73.8 cm³/mol. The zero-order valence-corrected chi connectivity index (χ0v) is 10.3. The maximum atomic E-state index is 11.0. The van der Waals surface area contributed by atoms with E-state index >= 15 is 0 Å². The van der Waals surface area contributed by atoms with Gasteiger partial charge in [0.1, 0.15) is 11.4 Å². The Bertz CT molecular complexity index is 614. The Morgan fingerprint density at radius 3 is 2.63 bits per heavy atom. The molecule has 2 aromatic carbocycles. The highest BCUT2D eigenvalue weighted by Gasteiger charge is 2.15. The van der Waals surface area contributed by atoms with Gasteiger partial charge in [0.25, 0.3) is 5.69 Å². The van der Waals surface area contributed by atoms with Crippen molar-refractivity contribution < 1.29 is 9.66 Å². The average Bonchev–Trinajstić information content (AvgIpc) is 2.41. The first kappa shape index (κ1) is 12.7. The van der Waals surface area contributed by atoms with E-state index < -0.39 is 4.92 Å². The van der Waals surface area contributed by atoms with Crippen LogP contribution < -0.4 is 15.8 Å². The number of nitrogens with one attached hydrogen (secondary N) is 1. The summed E-state index contributed by atoms with van der Waals surface area (Å²) in [6.45, 7) is 0. The highest BCUT2D eigenvalue weighted by molar-refractivity contribution is 5.75. The monoisotopic (exact) mass is 259 g/mol. The van der Waals surface area contributed by atoms with E-state index in [4.69, 9.17) is 10.5 Å². The van der Waals surface area contributed by atoms with Crippen molar-refractivity contribution in [3.63, 3.8) is 0 Å². The number of nitro groups is 1. The van der Waals surface area contributed by atoms with Crippen LogP contribution in [0.15, 0.2) is 42.5 Å². The number of methoxy groups -OCH3 is 1. The van der Waals surface area contributed by atoms with Crippen molar-refractivity contribution in [3.05, 3.63) is 52.6 Å². The van der Waals surface area contributed by atoms with Crippen molar-refractivity contribution in [2.75, 3.05) is 18.2 Å². The summed E-state index contributed by atoms with van der Waals surface area (Å²) in [4.78, 5) is 10.5. The molecule has 0 aliphatic rings. The lowest BCUT2D eigenvalue weighted by Crippen LogP contribution is -1.99. The summed E-state index contributed by atoms with van der Waals surface area (Å²) in [5.41, 5.74) is 6.84. The molecule has 0 amide bonds. The Balaban J connectivity index is 2.41. The van der Waals surface area contributed by atoms with Gasteiger partial charge in [-0.25, -0.2) is 0 Å². The number of ether oxygens (including phenoxy) is 1. The van der Waals surface area contributed by atoms with Gasteiger partial charge in [0, 0.05) is 11.8 Å². The minimum absolute atomic E-state index is 0.0779. The minimum Gasteiger partial charge on any atom is -0.495 e. The maximum absolute atomic E-state index is 11.0. The molecule has 0 radical (unpaired) electrons.